The van der Waals surface area contributed by atoms with Crippen molar-refractivity contribution in [3.63, 3.8) is 0 Å². The molecule has 1 fully saturated rings. The summed E-state index contributed by atoms with van der Waals surface area (Å²) in [5.74, 6) is 3.69. The topological polar surface area (TPSA) is 63.8 Å². The van der Waals surface area contributed by atoms with E-state index in [-0.39, 0.29) is 0 Å². The van der Waals surface area contributed by atoms with Gasteiger partial charge < -0.3 is 9.84 Å². The third-order valence-corrected chi connectivity index (χ3v) is 5.11. The van der Waals surface area contributed by atoms with Crippen LogP contribution in [0, 0.1) is 0 Å². The SMILES string of the molecule is CCCNC1CSCC1c1nc(-c2ccc(Br)cn2)no1. The molecule has 5 nitrogen and oxygen atoms in total. The molecule has 1 N–H and O–H groups in total. The number of thioether (sulfide) groups is 1. The van der Waals surface area contributed by atoms with E-state index < -0.39 is 0 Å². The van der Waals surface area contributed by atoms with E-state index in [9.17, 15) is 0 Å². The van der Waals surface area contributed by atoms with E-state index in [0.717, 1.165) is 34.6 Å². The van der Waals surface area contributed by atoms with E-state index >= 15 is 0 Å². The average molecular weight is 369 g/mol. The van der Waals surface area contributed by atoms with Crippen LogP contribution in [0.3, 0.4) is 0 Å². The van der Waals surface area contributed by atoms with Crippen LogP contribution in [0.4, 0.5) is 0 Å². The first kappa shape index (κ1) is 15.0. The molecule has 0 amide bonds. The molecule has 1 saturated heterocycles. The summed E-state index contributed by atoms with van der Waals surface area (Å²) in [5.41, 5.74) is 0.733. The smallest absolute Gasteiger partial charge is 0.232 e. The maximum absolute atomic E-state index is 5.48. The van der Waals surface area contributed by atoms with E-state index in [1.54, 1.807) is 6.20 Å². The number of aromatic nitrogens is 3. The highest BCUT2D eigenvalue weighted by molar-refractivity contribution is 9.10. The molecule has 112 valence electrons. The summed E-state index contributed by atoms with van der Waals surface area (Å²) >= 11 is 5.30. The van der Waals surface area contributed by atoms with Crippen molar-refractivity contribution < 1.29 is 4.52 Å². The van der Waals surface area contributed by atoms with Crippen molar-refractivity contribution in [3.05, 3.63) is 28.7 Å². The molecule has 1 aliphatic rings. The third-order valence-electron chi connectivity index (χ3n) is 3.45. The number of hydrogen-bond acceptors (Lipinski definition) is 6. The van der Waals surface area contributed by atoms with Crippen LogP contribution in [0.1, 0.15) is 25.2 Å². The van der Waals surface area contributed by atoms with Gasteiger partial charge >= 0.3 is 0 Å². The Bertz CT molecular complexity index is 589. The number of pyridine rings is 1. The highest BCUT2D eigenvalue weighted by Gasteiger charge is 2.33. The largest absolute Gasteiger partial charge is 0.339 e. The van der Waals surface area contributed by atoms with Crippen LogP contribution in [-0.4, -0.2) is 39.2 Å². The molecule has 7 heteroatoms. The normalized spacial score (nSPS) is 21.8. The highest BCUT2D eigenvalue weighted by Crippen LogP contribution is 2.32. The second kappa shape index (κ2) is 6.89. The number of halogens is 1. The fraction of sp³-hybridized carbons (Fsp3) is 0.500. The third kappa shape index (κ3) is 3.46. The molecule has 0 bridgehead atoms. The van der Waals surface area contributed by atoms with Gasteiger partial charge in [-0.2, -0.15) is 16.7 Å². The second-order valence-corrected chi connectivity index (χ2v) is 7.01. The zero-order chi connectivity index (χ0) is 14.7. The van der Waals surface area contributed by atoms with Crippen LogP contribution in [0.25, 0.3) is 11.5 Å². The predicted molar refractivity (Wildman–Crippen MR) is 87.4 cm³/mol. The van der Waals surface area contributed by atoms with E-state index in [1.165, 1.54) is 0 Å². The molecule has 2 unspecified atom stereocenters. The van der Waals surface area contributed by atoms with Gasteiger partial charge in [-0.1, -0.05) is 12.1 Å². The maximum atomic E-state index is 5.48. The van der Waals surface area contributed by atoms with Crippen LogP contribution in [0.5, 0.6) is 0 Å². The van der Waals surface area contributed by atoms with Crippen molar-refractivity contribution in [1.82, 2.24) is 20.4 Å². The summed E-state index contributed by atoms with van der Waals surface area (Å²) in [6, 6.07) is 4.23. The van der Waals surface area contributed by atoms with Crippen LogP contribution in [0.2, 0.25) is 0 Å². The molecule has 3 rings (SSSR count). The van der Waals surface area contributed by atoms with Gasteiger partial charge in [0, 0.05) is 28.2 Å². The standard InChI is InChI=1S/C14H17BrN4OS/c1-2-5-16-12-8-21-7-10(12)14-18-13(19-20-14)11-4-3-9(15)6-17-11/h3-4,6,10,12,16H,2,5,7-8H2,1H3. The first-order valence-electron chi connectivity index (χ1n) is 7.04. The van der Waals surface area contributed by atoms with Gasteiger partial charge in [0.15, 0.2) is 0 Å². The van der Waals surface area contributed by atoms with Crippen LogP contribution in [-0.2, 0) is 0 Å². The zero-order valence-electron chi connectivity index (χ0n) is 11.8. The Labute approximate surface area is 136 Å². The van der Waals surface area contributed by atoms with Crippen LogP contribution in [0.15, 0.2) is 27.3 Å². The first-order chi connectivity index (χ1) is 10.3. The minimum atomic E-state index is 0.290. The van der Waals surface area contributed by atoms with Crippen molar-refractivity contribution in [2.45, 2.75) is 25.3 Å². The van der Waals surface area contributed by atoms with Crippen molar-refractivity contribution in [2.24, 2.45) is 0 Å². The number of nitrogens with one attached hydrogen (secondary N) is 1. The van der Waals surface area contributed by atoms with E-state index in [2.05, 4.69) is 43.3 Å². The molecule has 1 aliphatic heterocycles. The average Bonchev–Trinajstić information content (AvgIpc) is 3.14. The molecule has 3 heterocycles. The number of nitrogens with zero attached hydrogens (tertiary/aromatic N) is 3. The zero-order valence-corrected chi connectivity index (χ0v) is 14.2. The van der Waals surface area contributed by atoms with Gasteiger partial charge in [-0.15, -0.1) is 0 Å². The summed E-state index contributed by atoms with van der Waals surface area (Å²) in [5, 5.41) is 7.64. The molecular formula is C14H17BrN4OS. The van der Waals surface area contributed by atoms with Gasteiger partial charge in [0.25, 0.3) is 0 Å². The Kier molecular flexibility index (Phi) is 4.92. The first-order valence-corrected chi connectivity index (χ1v) is 8.99. The van der Waals surface area contributed by atoms with Crippen molar-refractivity contribution in [3.8, 4) is 11.5 Å². The van der Waals surface area contributed by atoms with Crippen molar-refractivity contribution in [2.75, 3.05) is 18.1 Å². The summed E-state index contributed by atoms with van der Waals surface area (Å²) in [4.78, 5) is 8.85. The molecule has 2 aromatic heterocycles. The van der Waals surface area contributed by atoms with E-state index in [1.807, 2.05) is 23.9 Å². The van der Waals surface area contributed by atoms with Gasteiger partial charge in [-0.3, -0.25) is 4.98 Å². The molecule has 2 aromatic rings. The van der Waals surface area contributed by atoms with E-state index in [0.29, 0.717) is 23.7 Å². The lowest BCUT2D eigenvalue weighted by atomic mass is 10.0. The van der Waals surface area contributed by atoms with Gasteiger partial charge in [-0.05, 0) is 41.0 Å². The van der Waals surface area contributed by atoms with Crippen LogP contribution < -0.4 is 5.32 Å². The molecular weight excluding hydrogens is 352 g/mol. The maximum Gasteiger partial charge on any atom is 0.232 e. The quantitative estimate of drug-likeness (QED) is 0.874. The Morgan fingerprint density at radius 3 is 3.10 bits per heavy atom. The molecule has 0 saturated carbocycles. The van der Waals surface area contributed by atoms with E-state index in [4.69, 9.17) is 4.52 Å². The van der Waals surface area contributed by atoms with Gasteiger partial charge in [0.1, 0.15) is 5.69 Å². The lowest BCUT2D eigenvalue weighted by Gasteiger charge is -2.16. The van der Waals surface area contributed by atoms with Crippen molar-refractivity contribution >= 4 is 27.7 Å². The van der Waals surface area contributed by atoms with Crippen molar-refractivity contribution in [1.29, 1.82) is 0 Å². The number of rotatable bonds is 5. The van der Waals surface area contributed by atoms with Gasteiger partial charge in [0.05, 0.1) is 5.92 Å². The Hall–Kier alpha value is -0.920. The minimum Gasteiger partial charge on any atom is -0.339 e. The summed E-state index contributed by atoms with van der Waals surface area (Å²) in [6.07, 6.45) is 2.87. The Morgan fingerprint density at radius 2 is 2.33 bits per heavy atom. The van der Waals surface area contributed by atoms with Crippen LogP contribution >= 0.6 is 27.7 Å². The highest BCUT2D eigenvalue weighted by atomic mass is 79.9. The Balaban J connectivity index is 1.76. The molecule has 0 aliphatic carbocycles. The molecule has 2 atom stereocenters. The van der Waals surface area contributed by atoms with Gasteiger partial charge in [0.2, 0.25) is 11.7 Å². The summed E-state index contributed by atoms with van der Waals surface area (Å²) < 4.78 is 6.41. The molecule has 0 radical (unpaired) electrons. The minimum absolute atomic E-state index is 0.290. The lowest BCUT2D eigenvalue weighted by Crippen LogP contribution is -2.34. The Morgan fingerprint density at radius 1 is 1.43 bits per heavy atom. The fourth-order valence-corrected chi connectivity index (χ4v) is 3.93. The predicted octanol–water partition coefficient (Wildman–Crippen LogP) is 3.09. The lowest BCUT2D eigenvalue weighted by molar-refractivity contribution is 0.339. The summed E-state index contributed by atoms with van der Waals surface area (Å²) in [7, 11) is 0. The molecule has 0 aromatic carbocycles. The van der Waals surface area contributed by atoms with Gasteiger partial charge in [-0.25, -0.2) is 0 Å². The summed E-state index contributed by atoms with van der Waals surface area (Å²) in [6.45, 7) is 3.20. The fourth-order valence-electron chi connectivity index (χ4n) is 2.33. The monoisotopic (exact) mass is 368 g/mol. The second-order valence-electron chi connectivity index (χ2n) is 5.02. The number of hydrogen-bond donors (Lipinski definition) is 1. The molecule has 21 heavy (non-hydrogen) atoms. The molecule has 0 spiro atoms.